The zero-order chi connectivity index (χ0) is 13.9. The van der Waals surface area contributed by atoms with Gasteiger partial charge < -0.3 is 15.2 Å². The Morgan fingerprint density at radius 3 is 2.58 bits per heavy atom. The highest BCUT2D eigenvalue weighted by atomic mass is 16.5. The average molecular weight is 263 g/mol. The van der Waals surface area contributed by atoms with Crippen LogP contribution in [0.1, 0.15) is 43.4 Å². The number of aliphatic hydroxyl groups is 1. The van der Waals surface area contributed by atoms with Crippen LogP contribution in [0.5, 0.6) is 5.75 Å². The van der Waals surface area contributed by atoms with Crippen LogP contribution in [0.4, 0.5) is 0 Å². The van der Waals surface area contributed by atoms with E-state index in [1.54, 1.807) is 7.11 Å². The lowest BCUT2D eigenvalue weighted by atomic mass is 9.63. The van der Waals surface area contributed by atoms with Crippen molar-refractivity contribution in [3.05, 3.63) is 29.3 Å². The smallest absolute Gasteiger partial charge is 0.122 e. The van der Waals surface area contributed by atoms with Crippen molar-refractivity contribution < 1.29 is 9.84 Å². The van der Waals surface area contributed by atoms with Crippen LogP contribution in [0, 0.1) is 5.41 Å². The van der Waals surface area contributed by atoms with Gasteiger partial charge in [-0.05, 0) is 43.5 Å². The summed E-state index contributed by atoms with van der Waals surface area (Å²) in [6.45, 7) is 2.40. The first-order valence-electron chi connectivity index (χ1n) is 7.15. The highest BCUT2D eigenvalue weighted by Gasteiger charge is 2.43. The SMILES string of the molecule is CCc1cc(C(NC)C2(CO)CCC2)ccc1OC. The number of ether oxygens (including phenoxy) is 1. The molecular weight excluding hydrogens is 238 g/mol. The maximum atomic E-state index is 9.76. The van der Waals surface area contributed by atoms with E-state index < -0.39 is 0 Å². The van der Waals surface area contributed by atoms with Crippen LogP contribution >= 0.6 is 0 Å². The Hall–Kier alpha value is -1.06. The molecule has 19 heavy (non-hydrogen) atoms. The summed E-state index contributed by atoms with van der Waals surface area (Å²) in [7, 11) is 3.70. The molecule has 0 amide bonds. The topological polar surface area (TPSA) is 41.5 Å². The van der Waals surface area contributed by atoms with Gasteiger partial charge in [-0.15, -0.1) is 0 Å². The number of methoxy groups -OCH3 is 1. The second-order valence-electron chi connectivity index (χ2n) is 5.52. The molecule has 0 radical (unpaired) electrons. The lowest BCUT2D eigenvalue weighted by Gasteiger charge is -2.46. The first kappa shape index (κ1) is 14.4. The molecule has 3 heteroatoms. The summed E-state index contributed by atoms with van der Waals surface area (Å²) in [5, 5.41) is 13.2. The number of hydrogen-bond acceptors (Lipinski definition) is 3. The molecule has 2 N–H and O–H groups in total. The van der Waals surface area contributed by atoms with Crippen LogP contribution in [-0.4, -0.2) is 25.9 Å². The molecule has 1 saturated carbocycles. The molecule has 3 nitrogen and oxygen atoms in total. The number of rotatable bonds is 6. The van der Waals surface area contributed by atoms with Crippen LogP contribution in [0.25, 0.3) is 0 Å². The molecule has 0 saturated heterocycles. The maximum absolute atomic E-state index is 9.76. The molecule has 0 heterocycles. The van der Waals surface area contributed by atoms with Gasteiger partial charge in [-0.2, -0.15) is 0 Å². The third kappa shape index (κ3) is 2.49. The molecule has 1 aliphatic rings. The van der Waals surface area contributed by atoms with Crippen LogP contribution < -0.4 is 10.1 Å². The summed E-state index contributed by atoms with van der Waals surface area (Å²) in [5.74, 6) is 0.952. The summed E-state index contributed by atoms with van der Waals surface area (Å²) in [4.78, 5) is 0. The summed E-state index contributed by atoms with van der Waals surface area (Å²) in [6.07, 6.45) is 4.38. The summed E-state index contributed by atoms with van der Waals surface area (Å²) < 4.78 is 5.39. The van der Waals surface area contributed by atoms with Crippen molar-refractivity contribution in [3.63, 3.8) is 0 Å². The number of hydrogen-bond donors (Lipinski definition) is 2. The zero-order valence-corrected chi connectivity index (χ0v) is 12.2. The van der Waals surface area contributed by atoms with E-state index in [1.165, 1.54) is 17.5 Å². The Balaban J connectivity index is 2.33. The van der Waals surface area contributed by atoms with Gasteiger partial charge in [-0.25, -0.2) is 0 Å². The van der Waals surface area contributed by atoms with Crippen molar-refractivity contribution in [1.82, 2.24) is 5.32 Å². The second-order valence-corrected chi connectivity index (χ2v) is 5.52. The van der Waals surface area contributed by atoms with Gasteiger partial charge in [-0.1, -0.05) is 25.5 Å². The Bertz CT molecular complexity index is 421. The molecule has 1 fully saturated rings. The molecule has 106 valence electrons. The molecule has 1 aliphatic carbocycles. The first-order valence-corrected chi connectivity index (χ1v) is 7.15. The Morgan fingerprint density at radius 1 is 1.42 bits per heavy atom. The highest BCUT2D eigenvalue weighted by Crippen LogP contribution is 2.50. The van der Waals surface area contributed by atoms with Gasteiger partial charge in [0.2, 0.25) is 0 Å². The average Bonchev–Trinajstić information content (AvgIpc) is 2.42. The van der Waals surface area contributed by atoms with E-state index in [0.717, 1.165) is 25.0 Å². The van der Waals surface area contributed by atoms with E-state index >= 15 is 0 Å². The predicted octanol–water partition coefficient (Wildman–Crippen LogP) is 2.68. The number of aliphatic hydroxyl groups excluding tert-OH is 1. The molecule has 1 aromatic carbocycles. The Morgan fingerprint density at radius 2 is 2.16 bits per heavy atom. The lowest BCUT2D eigenvalue weighted by molar-refractivity contribution is 0.00780. The van der Waals surface area contributed by atoms with E-state index in [0.29, 0.717) is 0 Å². The van der Waals surface area contributed by atoms with E-state index in [9.17, 15) is 5.11 Å². The lowest BCUT2D eigenvalue weighted by Crippen LogP contribution is -2.44. The monoisotopic (exact) mass is 263 g/mol. The first-order chi connectivity index (χ1) is 9.20. The minimum absolute atomic E-state index is 0.0222. The normalized spacial score (nSPS) is 18.7. The van der Waals surface area contributed by atoms with E-state index in [4.69, 9.17) is 4.74 Å². The van der Waals surface area contributed by atoms with Crippen LogP contribution in [-0.2, 0) is 6.42 Å². The second kappa shape index (κ2) is 5.93. The van der Waals surface area contributed by atoms with E-state index in [1.807, 2.05) is 13.1 Å². The number of aryl methyl sites for hydroxylation is 1. The molecular formula is C16H25NO2. The molecule has 1 unspecified atom stereocenters. The summed E-state index contributed by atoms with van der Waals surface area (Å²) >= 11 is 0. The molecule has 0 aromatic heterocycles. The van der Waals surface area contributed by atoms with Gasteiger partial charge in [0.05, 0.1) is 13.7 Å². The summed E-state index contributed by atoms with van der Waals surface area (Å²) in [6, 6.07) is 6.61. The third-order valence-corrected chi connectivity index (χ3v) is 4.58. The molecule has 1 aromatic rings. The van der Waals surface area contributed by atoms with Gasteiger partial charge >= 0.3 is 0 Å². The van der Waals surface area contributed by atoms with Crippen molar-refractivity contribution in [1.29, 1.82) is 0 Å². The van der Waals surface area contributed by atoms with E-state index in [-0.39, 0.29) is 18.1 Å². The Labute approximate surface area is 116 Å². The van der Waals surface area contributed by atoms with Crippen molar-refractivity contribution in [2.24, 2.45) is 5.41 Å². The quantitative estimate of drug-likeness (QED) is 0.829. The van der Waals surface area contributed by atoms with Gasteiger partial charge in [0.15, 0.2) is 0 Å². The Kier molecular flexibility index (Phi) is 4.48. The maximum Gasteiger partial charge on any atom is 0.122 e. The highest BCUT2D eigenvalue weighted by molar-refractivity contribution is 5.39. The van der Waals surface area contributed by atoms with Crippen molar-refractivity contribution >= 4 is 0 Å². The minimum Gasteiger partial charge on any atom is -0.496 e. The van der Waals surface area contributed by atoms with Gasteiger partial charge in [0.25, 0.3) is 0 Å². The van der Waals surface area contributed by atoms with Crippen molar-refractivity contribution in [2.75, 3.05) is 20.8 Å². The van der Waals surface area contributed by atoms with Crippen LogP contribution in [0.3, 0.4) is 0 Å². The zero-order valence-electron chi connectivity index (χ0n) is 12.2. The molecule has 0 bridgehead atoms. The van der Waals surface area contributed by atoms with Gasteiger partial charge in [0, 0.05) is 11.5 Å². The molecule has 2 rings (SSSR count). The number of benzene rings is 1. The van der Waals surface area contributed by atoms with Crippen molar-refractivity contribution in [2.45, 2.75) is 38.6 Å². The van der Waals surface area contributed by atoms with Crippen LogP contribution in [0.15, 0.2) is 18.2 Å². The predicted molar refractivity (Wildman–Crippen MR) is 77.5 cm³/mol. The van der Waals surface area contributed by atoms with E-state index in [2.05, 4.69) is 24.4 Å². The van der Waals surface area contributed by atoms with Gasteiger partial charge in [-0.3, -0.25) is 0 Å². The standard InChI is InChI=1S/C16H25NO2/c1-4-12-10-13(6-7-14(12)19-3)15(17-2)16(11-18)8-5-9-16/h6-7,10,15,17-18H,4-5,8-9,11H2,1-3H3. The fourth-order valence-corrected chi connectivity index (χ4v) is 3.25. The van der Waals surface area contributed by atoms with Crippen LogP contribution in [0.2, 0.25) is 0 Å². The number of nitrogens with one attached hydrogen (secondary N) is 1. The minimum atomic E-state index is 0.0222. The molecule has 0 spiro atoms. The fourth-order valence-electron chi connectivity index (χ4n) is 3.25. The largest absolute Gasteiger partial charge is 0.496 e. The third-order valence-electron chi connectivity index (χ3n) is 4.58. The fraction of sp³-hybridized carbons (Fsp3) is 0.625. The van der Waals surface area contributed by atoms with Gasteiger partial charge in [0.1, 0.15) is 5.75 Å². The molecule has 0 aliphatic heterocycles. The molecule has 1 atom stereocenters. The summed E-state index contributed by atoms with van der Waals surface area (Å²) in [5.41, 5.74) is 2.51. The van der Waals surface area contributed by atoms with Crippen molar-refractivity contribution in [3.8, 4) is 5.75 Å².